The summed E-state index contributed by atoms with van der Waals surface area (Å²) in [7, 11) is 1.90. The van der Waals surface area contributed by atoms with E-state index in [-0.39, 0.29) is 11.8 Å². The largest absolute Gasteiger partial charge is 0.345 e. The second-order valence-corrected chi connectivity index (χ2v) is 6.14. The molecule has 3 rings (SSSR count). The number of rotatable bonds is 5. The molecule has 1 saturated carbocycles. The van der Waals surface area contributed by atoms with Crippen LogP contribution < -0.4 is 0 Å². The first kappa shape index (κ1) is 14.8. The Morgan fingerprint density at radius 2 is 2.00 bits per heavy atom. The van der Waals surface area contributed by atoms with Crippen molar-refractivity contribution in [2.45, 2.75) is 25.7 Å². The summed E-state index contributed by atoms with van der Waals surface area (Å²) >= 11 is 0. The van der Waals surface area contributed by atoms with E-state index >= 15 is 0 Å². The van der Waals surface area contributed by atoms with Gasteiger partial charge in [-0.2, -0.15) is 0 Å². The van der Waals surface area contributed by atoms with Crippen LogP contribution in [0.3, 0.4) is 0 Å². The molecule has 3 nitrogen and oxygen atoms in total. The molecule has 0 radical (unpaired) electrons. The highest BCUT2D eigenvalue weighted by molar-refractivity contribution is 5.83. The molecule has 1 amide bonds. The summed E-state index contributed by atoms with van der Waals surface area (Å²) in [4.78, 5) is 18.7. The number of hydrogen-bond acceptors (Lipinski definition) is 2. The van der Waals surface area contributed by atoms with E-state index in [1.54, 1.807) is 6.20 Å². The molecule has 22 heavy (non-hydrogen) atoms. The molecule has 1 aromatic heterocycles. The number of aromatic nitrogens is 1. The van der Waals surface area contributed by atoms with Gasteiger partial charge in [0.15, 0.2) is 0 Å². The molecule has 0 aliphatic heterocycles. The Morgan fingerprint density at radius 3 is 2.73 bits per heavy atom. The Balaban J connectivity index is 1.55. The number of benzene rings is 1. The number of pyridine rings is 1. The smallest absolute Gasteiger partial charge is 0.226 e. The van der Waals surface area contributed by atoms with Gasteiger partial charge in [0.05, 0.1) is 0 Å². The highest BCUT2D eigenvalue weighted by atomic mass is 16.2. The summed E-state index contributed by atoms with van der Waals surface area (Å²) < 4.78 is 0. The van der Waals surface area contributed by atoms with Crippen LogP contribution in [0.5, 0.6) is 0 Å². The van der Waals surface area contributed by atoms with Gasteiger partial charge in [0.1, 0.15) is 0 Å². The second-order valence-electron chi connectivity index (χ2n) is 6.14. The summed E-state index contributed by atoms with van der Waals surface area (Å²) in [5, 5.41) is 0. The van der Waals surface area contributed by atoms with Gasteiger partial charge in [0.2, 0.25) is 5.91 Å². The van der Waals surface area contributed by atoms with Crippen LogP contribution >= 0.6 is 0 Å². The third-order valence-corrected chi connectivity index (χ3v) is 4.50. The lowest BCUT2D eigenvalue weighted by molar-refractivity contribution is -0.131. The molecule has 1 heterocycles. The first-order valence-corrected chi connectivity index (χ1v) is 7.87. The Kier molecular flexibility index (Phi) is 4.23. The molecular weight excluding hydrogens is 272 g/mol. The molecule has 1 aliphatic carbocycles. The fourth-order valence-corrected chi connectivity index (χ4v) is 3.04. The summed E-state index contributed by atoms with van der Waals surface area (Å²) in [5.74, 6) is 0.838. The molecule has 114 valence electrons. The Labute approximate surface area is 132 Å². The molecule has 2 aromatic rings. The highest BCUT2D eigenvalue weighted by Crippen LogP contribution is 2.49. The topological polar surface area (TPSA) is 33.2 Å². The quantitative estimate of drug-likeness (QED) is 0.848. The molecule has 0 spiro atoms. The zero-order valence-electron chi connectivity index (χ0n) is 13.2. The molecule has 2 atom stereocenters. The van der Waals surface area contributed by atoms with Gasteiger partial charge >= 0.3 is 0 Å². The molecule has 0 unspecified atom stereocenters. The Morgan fingerprint density at radius 1 is 1.23 bits per heavy atom. The average Bonchev–Trinajstić information content (AvgIpc) is 3.33. The van der Waals surface area contributed by atoms with Crippen molar-refractivity contribution in [1.29, 1.82) is 0 Å². The van der Waals surface area contributed by atoms with Crippen molar-refractivity contribution >= 4 is 5.91 Å². The van der Waals surface area contributed by atoms with Crippen molar-refractivity contribution in [3.8, 4) is 0 Å². The van der Waals surface area contributed by atoms with E-state index in [2.05, 4.69) is 36.2 Å². The third kappa shape index (κ3) is 3.19. The van der Waals surface area contributed by atoms with Gasteiger partial charge in [-0.15, -0.1) is 0 Å². The average molecular weight is 294 g/mol. The van der Waals surface area contributed by atoms with Crippen LogP contribution in [0.25, 0.3) is 0 Å². The highest BCUT2D eigenvalue weighted by Gasteiger charge is 2.45. The second kappa shape index (κ2) is 6.30. The van der Waals surface area contributed by atoms with Crippen LogP contribution in [-0.4, -0.2) is 29.4 Å². The first-order chi connectivity index (χ1) is 10.7. The lowest BCUT2D eigenvalue weighted by Crippen LogP contribution is -2.30. The van der Waals surface area contributed by atoms with Crippen molar-refractivity contribution in [2.75, 3.05) is 13.6 Å². The lowest BCUT2D eigenvalue weighted by Gasteiger charge is -2.17. The number of amides is 1. The van der Waals surface area contributed by atoms with Gasteiger partial charge < -0.3 is 4.90 Å². The van der Waals surface area contributed by atoms with Crippen molar-refractivity contribution in [3.63, 3.8) is 0 Å². The van der Waals surface area contributed by atoms with Crippen molar-refractivity contribution in [1.82, 2.24) is 9.88 Å². The molecule has 3 heteroatoms. The summed E-state index contributed by atoms with van der Waals surface area (Å²) in [5.41, 5.74) is 3.66. The van der Waals surface area contributed by atoms with Crippen molar-refractivity contribution < 1.29 is 4.79 Å². The Hall–Kier alpha value is -2.16. The van der Waals surface area contributed by atoms with Crippen molar-refractivity contribution in [2.24, 2.45) is 5.92 Å². The van der Waals surface area contributed by atoms with Crippen molar-refractivity contribution in [3.05, 3.63) is 65.5 Å². The standard InChI is InChI=1S/C19H22N2O/c1-14-7-3-4-9-16(14)17-13-18(17)19(22)21(2)12-10-15-8-5-6-11-20-15/h3-9,11,17-18H,10,12-13H2,1-2H3/t17-,18+/m0/s1. The molecule has 1 fully saturated rings. The van der Waals surface area contributed by atoms with Gasteiger partial charge in [-0.05, 0) is 42.5 Å². The maximum absolute atomic E-state index is 12.5. The minimum atomic E-state index is 0.162. The van der Waals surface area contributed by atoms with Crippen LogP contribution in [0.2, 0.25) is 0 Å². The van der Waals surface area contributed by atoms with Crippen LogP contribution in [0.1, 0.15) is 29.2 Å². The molecule has 0 bridgehead atoms. The SMILES string of the molecule is Cc1ccccc1[C@@H]1C[C@H]1C(=O)N(C)CCc1ccccn1. The van der Waals surface area contributed by atoms with E-state index in [4.69, 9.17) is 0 Å². The van der Waals surface area contributed by atoms with Crippen LogP contribution in [-0.2, 0) is 11.2 Å². The predicted octanol–water partition coefficient (Wildman–Crippen LogP) is 3.19. The van der Waals surface area contributed by atoms with E-state index in [9.17, 15) is 4.79 Å². The third-order valence-electron chi connectivity index (χ3n) is 4.50. The fourth-order valence-electron chi connectivity index (χ4n) is 3.04. The lowest BCUT2D eigenvalue weighted by atomic mass is 10.0. The van der Waals surface area contributed by atoms with Gasteiger partial charge in [-0.1, -0.05) is 30.3 Å². The van der Waals surface area contributed by atoms with Gasteiger partial charge in [0.25, 0.3) is 0 Å². The summed E-state index contributed by atoms with van der Waals surface area (Å²) in [6, 6.07) is 14.3. The maximum Gasteiger partial charge on any atom is 0.226 e. The van der Waals surface area contributed by atoms with E-state index in [0.717, 1.165) is 25.1 Å². The van der Waals surface area contributed by atoms with E-state index in [0.29, 0.717) is 5.92 Å². The van der Waals surface area contributed by atoms with E-state index in [1.807, 2.05) is 30.1 Å². The van der Waals surface area contributed by atoms with Crippen LogP contribution in [0.15, 0.2) is 48.7 Å². The molecule has 0 saturated heterocycles. The normalized spacial score (nSPS) is 19.7. The Bertz CT molecular complexity index is 653. The maximum atomic E-state index is 12.5. The van der Waals surface area contributed by atoms with Gasteiger partial charge in [0, 0.05) is 37.8 Å². The zero-order valence-corrected chi connectivity index (χ0v) is 13.2. The number of hydrogen-bond donors (Lipinski definition) is 0. The minimum Gasteiger partial charge on any atom is -0.345 e. The summed E-state index contributed by atoms with van der Waals surface area (Å²) in [6.07, 6.45) is 3.59. The van der Waals surface area contributed by atoms with E-state index < -0.39 is 0 Å². The number of aryl methyl sites for hydroxylation is 1. The van der Waals surface area contributed by atoms with Gasteiger partial charge in [-0.25, -0.2) is 0 Å². The number of nitrogens with zero attached hydrogens (tertiary/aromatic N) is 2. The monoisotopic (exact) mass is 294 g/mol. The summed E-state index contributed by atoms with van der Waals surface area (Å²) in [6.45, 7) is 2.85. The molecular formula is C19H22N2O. The van der Waals surface area contributed by atoms with E-state index in [1.165, 1.54) is 11.1 Å². The molecule has 1 aliphatic rings. The number of likely N-dealkylation sites (N-methyl/N-ethyl adjacent to an activating group) is 1. The van der Waals surface area contributed by atoms with Crippen LogP contribution in [0, 0.1) is 12.8 Å². The predicted molar refractivity (Wildman–Crippen MR) is 87.6 cm³/mol. The zero-order chi connectivity index (χ0) is 15.5. The van der Waals surface area contributed by atoms with Crippen LogP contribution in [0.4, 0.5) is 0 Å². The molecule has 1 aromatic carbocycles. The minimum absolute atomic E-state index is 0.162. The van der Waals surface area contributed by atoms with Gasteiger partial charge in [-0.3, -0.25) is 9.78 Å². The first-order valence-electron chi connectivity index (χ1n) is 7.87. The fraction of sp³-hybridized carbons (Fsp3) is 0.368. The molecule has 0 N–H and O–H groups in total. The number of carbonyl (C=O) groups is 1. The number of carbonyl (C=O) groups excluding carboxylic acids is 1.